The van der Waals surface area contributed by atoms with Crippen molar-refractivity contribution in [3.8, 4) is 0 Å². The molecular weight excluding hydrogens is 294 g/mol. The van der Waals surface area contributed by atoms with E-state index in [9.17, 15) is 8.42 Å². The van der Waals surface area contributed by atoms with Crippen LogP contribution in [0.4, 0.5) is 0 Å². The Kier molecular flexibility index (Phi) is 8.43. The highest BCUT2D eigenvalue weighted by Crippen LogP contribution is 2.18. The van der Waals surface area contributed by atoms with Gasteiger partial charge in [-0.05, 0) is 50.7 Å². The zero-order valence-electron chi connectivity index (χ0n) is 12.9. The molecular formula is C13H29N3O2S2. The van der Waals surface area contributed by atoms with Crippen molar-refractivity contribution in [3.63, 3.8) is 0 Å². The van der Waals surface area contributed by atoms with E-state index in [1.165, 1.54) is 17.1 Å². The third-order valence-corrected chi connectivity index (χ3v) is 5.96. The van der Waals surface area contributed by atoms with Crippen LogP contribution in [0, 0.1) is 0 Å². The van der Waals surface area contributed by atoms with Gasteiger partial charge in [0, 0.05) is 25.7 Å². The lowest BCUT2D eigenvalue weighted by Crippen LogP contribution is -2.43. The molecule has 1 aliphatic rings. The van der Waals surface area contributed by atoms with Gasteiger partial charge in [-0.3, -0.25) is 0 Å². The van der Waals surface area contributed by atoms with E-state index in [1.54, 1.807) is 7.05 Å². The van der Waals surface area contributed by atoms with Gasteiger partial charge in [-0.1, -0.05) is 6.92 Å². The van der Waals surface area contributed by atoms with E-state index in [0.29, 0.717) is 12.6 Å². The third kappa shape index (κ3) is 7.83. The fourth-order valence-corrected chi connectivity index (χ4v) is 3.81. The van der Waals surface area contributed by atoms with Crippen LogP contribution in [0.3, 0.4) is 0 Å². The second-order valence-corrected chi connectivity index (χ2v) is 8.62. The quantitative estimate of drug-likeness (QED) is 0.533. The van der Waals surface area contributed by atoms with Gasteiger partial charge in [-0.15, -0.1) is 0 Å². The zero-order valence-corrected chi connectivity index (χ0v) is 14.5. The van der Waals surface area contributed by atoms with Gasteiger partial charge in [0.25, 0.3) is 10.2 Å². The smallest absolute Gasteiger partial charge is 0.279 e. The first-order valence-electron chi connectivity index (χ1n) is 7.50. The molecule has 120 valence electrons. The highest BCUT2D eigenvalue weighted by Gasteiger charge is 2.21. The molecule has 1 rings (SSSR count). The Balaban J connectivity index is 2.18. The van der Waals surface area contributed by atoms with Crippen LogP contribution in [0.2, 0.25) is 0 Å². The first-order chi connectivity index (χ1) is 9.45. The van der Waals surface area contributed by atoms with Crippen molar-refractivity contribution < 1.29 is 8.42 Å². The lowest BCUT2D eigenvalue weighted by molar-refractivity contribution is 0.436. The molecule has 0 aromatic carbocycles. The Bertz CT molecular complexity index is 359. The maximum Gasteiger partial charge on any atom is 0.279 e. The molecule has 5 nitrogen and oxygen atoms in total. The van der Waals surface area contributed by atoms with E-state index in [-0.39, 0.29) is 6.04 Å². The van der Waals surface area contributed by atoms with Crippen LogP contribution in [0.25, 0.3) is 0 Å². The van der Waals surface area contributed by atoms with Crippen molar-refractivity contribution in [2.75, 3.05) is 31.6 Å². The predicted octanol–water partition coefficient (Wildman–Crippen LogP) is 1.43. The summed E-state index contributed by atoms with van der Waals surface area (Å²) in [4.78, 5) is 0. The van der Waals surface area contributed by atoms with Crippen molar-refractivity contribution in [2.45, 2.75) is 51.6 Å². The van der Waals surface area contributed by atoms with Crippen LogP contribution in [0.1, 0.15) is 39.5 Å². The van der Waals surface area contributed by atoms with Crippen LogP contribution >= 0.6 is 11.8 Å². The predicted molar refractivity (Wildman–Crippen MR) is 87.4 cm³/mol. The number of hydrogen-bond donors (Lipinski definition) is 2. The SMILES string of the molecule is CCSCCC(C)NS(=O)(=O)N(C)CCCNC1CC1. The lowest BCUT2D eigenvalue weighted by atomic mass is 10.3. The summed E-state index contributed by atoms with van der Waals surface area (Å²) in [6.45, 7) is 5.50. The monoisotopic (exact) mass is 323 g/mol. The third-order valence-electron chi connectivity index (χ3n) is 3.32. The largest absolute Gasteiger partial charge is 0.314 e. The van der Waals surface area contributed by atoms with Crippen LogP contribution in [-0.2, 0) is 10.2 Å². The summed E-state index contributed by atoms with van der Waals surface area (Å²) in [6.07, 6.45) is 4.26. The van der Waals surface area contributed by atoms with Crippen molar-refractivity contribution in [1.29, 1.82) is 0 Å². The molecule has 1 aliphatic carbocycles. The Labute approximate surface area is 128 Å². The molecule has 1 fully saturated rings. The van der Waals surface area contributed by atoms with Gasteiger partial charge >= 0.3 is 0 Å². The molecule has 1 unspecified atom stereocenters. The summed E-state index contributed by atoms with van der Waals surface area (Å²) >= 11 is 1.84. The average Bonchev–Trinajstić information content (AvgIpc) is 3.18. The maximum absolute atomic E-state index is 12.1. The Morgan fingerprint density at radius 3 is 2.70 bits per heavy atom. The molecule has 0 aromatic heterocycles. The standard InChI is InChI=1S/C13H29N3O2S2/c1-4-19-11-8-12(2)15-20(17,18)16(3)10-5-9-14-13-6-7-13/h12-15H,4-11H2,1-3H3. The van der Waals surface area contributed by atoms with Gasteiger partial charge in [-0.2, -0.15) is 29.2 Å². The topological polar surface area (TPSA) is 61.4 Å². The van der Waals surface area contributed by atoms with Gasteiger partial charge in [-0.25, -0.2) is 0 Å². The first kappa shape index (κ1) is 18.2. The van der Waals surface area contributed by atoms with Gasteiger partial charge in [0.2, 0.25) is 0 Å². The summed E-state index contributed by atoms with van der Waals surface area (Å²) in [5.74, 6) is 2.07. The van der Waals surface area contributed by atoms with E-state index in [0.717, 1.165) is 30.9 Å². The van der Waals surface area contributed by atoms with Gasteiger partial charge in [0.15, 0.2) is 0 Å². The number of nitrogens with zero attached hydrogens (tertiary/aromatic N) is 1. The van der Waals surface area contributed by atoms with Crippen molar-refractivity contribution in [3.05, 3.63) is 0 Å². The Morgan fingerprint density at radius 2 is 2.10 bits per heavy atom. The lowest BCUT2D eigenvalue weighted by Gasteiger charge is -2.21. The van der Waals surface area contributed by atoms with Crippen molar-refractivity contribution >= 4 is 22.0 Å². The van der Waals surface area contributed by atoms with Crippen LogP contribution in [-0.4, -0.2) is 56.4 Å². The molecule has 2 N–H and O–H groups in total. The molecule has 0 bridgehead atoms. The second kappa shape index (κ2) is 9.25. The van der Waals surface area contributed by atoms with Crippen molar-refractivity contribution in [2.24, 2.45) is 0 Å². The summed E-state index contributed by atoms with van der Waals surface area (Å²) in [6, 6.07) is 0.678. The molecule has 7 heteroatoms. The van der Waals surface area contributed by atoms with E-state index in [1.807, 2.05) is 18.7 Å². The number of thioether (sulfide) groups is 1. The summed E-state index contributed by atoms with van der Waals surface area (Å²) in [5.41, 5.74) is 0. The number of rotatable bonds is 12. The zero-order chi connectivity index (χ0) is 15.0. The summed E-state index contributed by atoms with van der Waals surface area (Å²) in [7, 11) is -1.69. The Morgan fingerprint density at radius 1 is 1.40 bits per heavy atom. The first-order valence-corrected chi connectivity index (χ1v) is 10.1. The van der Waals surface area contributed by atoms with Gasteiger partial charge in [0.1, 0.15) is 0 Å². The fourth-order valence-electron chi connectivity index (χ4n) is 1.82. The van der Waals surface area contributed by atoms with Gasteiger partial charge < -0.3 is 5.32 Å². The number of nitrogens with one attached hydrogen (secondary N) is 2. The van der Waals surface area contributed by atoms with Gasteiger partial charge in [0.05, 0.1) is 0 Å². The Hall–Kier alpha value is 0.180. The number of hydrogen-bond acceptors (Lipinski definition) is 4. The minimum Gasteiger partial charge on any atom is -0.314 e. The van der Waals surface area contributed by atoms with E-state index in [4.69, 9.17) is 0 Å². The van der Waals surface area contributed by atoms with E-state index >= 15 is 0 Å². The second-order valence-electron chi connectivity index (χ2n) is 5.41. The molecule has 0 amide bonds. The molecule has 0 saturated heterocycles. The molecule has 0 radical (unpaired) electrons. The average molecular weight is 324 g/mol. The molecule has 1 saturated carbocycles. The normalized spacial score (nSPS) is 17.6. The van der Waals surface area contributed by atoms with Crippen LogP contribution in [0.5, 0.6) is 0 Å². The minimum absolute atomic E-state index is 0.00825. The molecule has 0 aliphatic heterocycles. The molecule has 20 heavy (non-hydrogen) atoms. The highest BCUT2D eigenvalue weighted by atomic mass is 32.2. The highest BCUT2D eigenvalue weighted by molar-refractivity contribution is 7.99. The van der Waals surface area contributed by atoms with Crippen molar-refractivity contribution in [1.82, 2.24) is 14.3 Å². The van der Waals surface area contributed by atoms with E-state index in [2.05, 4.69) is 17.0 Å². The molecule has 0 aromatic rings. The van der Waals surface area contributed by atoms with E-state index < -0.39 is 10.2 Å². The molecule has 1 atom stereocenters. The van der Waals surface area contributed by atoms with Crippen LogP contribution < -0.4 is 10.0 Å². The fraction of sp³-hybridized carbons (Fsp3) is 1.00. The molecule has 0 spiro atoms. The summed E-state index contributed by atoms with van der Waals surface area (Å²) < 4.78 is 28.4. The minimum atomic E-state index is -3.34. The van der Waals surface area contributed by atoms with Crippen LogP contribution in [0.15, 0.2) is 0 Å². The summed E-state index contributed by atoms with van der Waals surface area (Å²) in [5, 5.41) is 3.39. The molecule has 0 heterocycles. The maximum atomic E-state index is 12.1.